The van der Waals surface area contributed by atoms with Crippen molar-refractivity contribution in [2.45, 2.75) is 72.3 Å². The van der Waals surface area contributed by atoms with E-state index in [4.69, 9.17) is 46.0 Å². The maximum atomic E-state index is 9.90. The second kappa shape index (κ2) is 24.3. The van der Waals surface area contributed by atoms with Crippen LogP contribution in [-0.2, 0) is 9.59 Å². The average Bonchev–Trinajstić information content (AvgIpc) is 2.74. The fourth-order valence-corrected chi connectivity index (χ4v) is 1.27. The van der Waals surface area contributed by atoms with E-state index >= 15 is 0 Å². The SMILES string of the molecule is CC(C)(CO)CO.CC(O)CCO.CCC(CO)(CO)CO.O=C(O)CCCCC(=O)O. The van der Waals surface area contributed by atoms with E-state index in [0.29, 0.717) is 25.7 Å². The van der Waals surface area contributed by atoms with Crippen molar-refractivity contribution in [1.29, 1.82) is 0 Å². The van der Waals surface area contributed by atoms with Gasteiger partial charge < -0.3 is 46.0 Å². The molecule has 0 heterocycles. The van der Waals surface area contributed by atoms with E-state index in [1.165, 1.54) is 0 Å². The van der Waals surface area contributed by atoms with Gasteiger partial charge in [0.25, 0.3) is 0 Å². The zero-order chi connectivity index (χ0) is 26.2. The zero-order valence-electron chi connectivity index (χ0n) is 19.9. The standard InChI is InChI=1S/C6H10O4.C6H14O3.C5H12O2.C4H10O2/c7-5(8)3-1-2-4-6(9)10;1-2-6(3-7,4-8)5-9;1-5(2,3-6)4-7;1-4(6)2-3-5/h1-4H2,(H,7,8)(H,9,10);7-9H,2-5H2,1H3;6-7H,3-4H2,1-2H3;4-6H,2-3H2,1H3. The lowest BCUT2D eigenvalue weighted by Crippen LogP contribution is -2.32. The predicted molar refractivity (Wildman–Crippen MR) is 119 cm³/mol. The van der Waals surface area contributed by atoms with Crippen LogP contribution in [0, 0.1) is 10.8 Å². The number of unbranched alkanes of at least 4 members (excludes halogenated alkanes) is 1. The maximum absolute atomic E-state index is 9.90. The minimum absolute atomic E-state index is 0.0451. The van der Waals surface area contributed by atoms with E-state index in [1.54, 1.807) is 20.8 Å². The minimum Gasteiger partial charge on any atom is -0.481 e. The van der Waals surface area contributed by atoms with Gasteiger partial charge in [-0.15, -0.1) is 0 Å². The molecule has 1 atom stereocenters. The molecular weight excluding hydrogens is 428 g/mol. The van der Waals surface area contributed by atoms with E-state index in [-0.39, 0.29) is 64.0 Å². The van der Waals surface area contributed by atoms with Crippen molar-refractivity contribution in [2.75, 3.05) is 39.6 Å². The third kappa shape index (κ3) is 30.9. The second-order valence-electron chi connectivity index (χ2n) is 8.16. The molecule has 0 amide bonds. The Morgan fingerprint density at radius 3 is 1.16 bits per heavy atom. The van der Waals surface area contributed by atoms with E-state index in [2.05, 4.69) is 0 Å². The van der Waals surface area contributed by atoms with Crippen molar-refractivity contribution in [2.24, 2.45) is 10.8 Å². The Morgan fingerprint density at radius 2 is 1.09 bits per heavy atom. The Hall–Kier alpha value is -1.34. The molecule has 196 valence electrons. The van der Waals surface area contributed by atoms with Crippen LogP contribution in [0.3, 0.4) is 0 Å². The highest BCUT2D eigenvalue weighted by Gasteiger charge is 2.24. The quantitative estimate of drug-likeness (QED) is 0.159. The largest absolute Gasteiger partial charge is 0.481 e. The fraction of sp³-hybridized carbons (Fsp3) is 0.905. The van der Waals surface area contributed by atoms with Crippen LogP contribution in [0.1, 0.15) is 66.2 Å². The summed E-state index contributed by atoms with van der Waals surface area (Å²) in [7, 11) is 0. The predicted octanol–water partition coefficient (Wildman–Crippen LogP) is -0.177. The van der Waals surface area contributed by atoms with Crippen molar-refractivity contribution in [3.05, 3.63) is 0 Å². The molecule has 1 unspecified atom stereocenters. The van der Waals surface area contributed by atoms with Crippen molar-refractivity contribution in [3.63, 3.8) is 0 Å². The number of aliphatic carboxylic acids is 2. The summed E-state index contributed by atoms with van der Waals surface area (Å²) < 4.78 is 0. The molecule has 0 aromatic rings. The number of aliphatic hydroxyl groups excluding tert-OH is 7. The van der Waals surface area contributed by atoms with Crippen LogP contribution in [0.2, 0.25) is 0 Å². The van der Waals surface area contributed by atoms with Gasteiger partial charge in [-0.1, -0.05) is 20.8 Å². The monoisotopic (exact) mass is 474 g/mol. The molecule has 11 heteroatoms. The third-order valence-corrected chi connectivity index (χ3v) is 4.19. The Labute approximate surface area is 191 Å². The average molecular weight is 475 g/mol. The summed E-state index contributed by atoms with van der Waals surface area (Å²) >= 11 is 0. The number of hydrogen-bond acceptors (Lipinski definition) is 9. The van der Waals surface area contributed by atoms with Gasteiger partial charge in [-0.3, -0.25) is 9.59 Å². The van der Waals surface area contributed by atoms with Crippen LogP contribution in [-0.4, -0.2) is 104 Å². The second-order valence-corrected chi connectivity index (χ2v) is 8.16. The normalized spacial score (nSPS) is 11.6. The molecule has 0 saturated heterocycles. The van der Waals surface area contributed by atoms with Gasteiger partial charge in [0.2, 0.25) is 0 Å². The lowest BCUT2D eigenvalue weighted by Gasteiger charge is -2.24. The van der Waals surface area contributed by atoms with Crippen LogP contribution < -0.4 is 0 Å². The first kappa shape index (κ1) is 37.9. The van der Waals surface area contributed by atoms with Crippen LogP contribution >= 0.6 is 0 Å². The molecule has 0 aromatic heterocycles. The van der Waals surface area contributed by atoms with Crippen LogP contribution in [0.5, 0.6) is 0 Å². The van der Waals surface area contributed by atoms with Gasteiger partial charge in [0.15, 0.2) is 0 Å². The molecule has 0 spiro atoms. The van der Waals surface area contributed by atoms with Gasteiger partial charge in [-0.25, -0.2) is 0 Å². The molecule has 11 nitrogen and oxygen atoms in total. The highest BCUT2D eigenvalue weighted by Crippen LogP contribution is 2.18. The highest BCUT2D eigenvalue weighted by atomic mass is 16.4. The van der Waals surface area contributed by atoms with Gasteiger partial charge in [-0.2, -0.15) is 0 Å². The van der Waals surface area contributed by atoms with Gasteiger partial charge in [-0.05, 0) is 32.6 Å². The van der Waals surface area contributed by atoms with E-state index in [9.17, 15) is 9.59 Å². The van der Waals surface area contributed by atoms with Crippen LogP contribution in [0.25, 0.3) is 0 Å². The van der Waals surface area contributed by atoms with Crippen LogP contribution in [0.4, 0.5) is 0 Å². The molecule has 0 saturated carbocycles. The summed E-state index contributed by atoms with van der Waals surface area (Å²) in [6, 6.07) is 0. The summed E-state index contributed by atoms with van der Waals surface area (Å²) in [6.07, 6.45) is 1.75. The first-order chi connectivity index (χ1) is 14.8. The Morgan fingerprint density at radius 1 is 0.750 bits per heavy atom. The van der Waals surface area contributed by atoms with Crippen LogP contribution in [0.15, 0.2) is 0 Å². The topological polar surface area (TPSA) is 216 Å². The van der Waals surface area contributed by atoms with E-state index < -0.39 is 17.4 Å². The first-order valence-corrected chi connectivity index (χ1v) is 10.5. The third-order valence-electron chi connectivity index (χ3n) is 4.19. The molecule has 0 aromatic carbocycles. The number of carboxylic acids is 2. The van der Waals surface area contributed by atoms with Gasteiger partial charge in [0.1, 0.15) is 0 Å². The molecule has 0 rings (SSSR count). The summed E-state index contributed by atoms with van der Waals surface area (Å²) in [5.74, 6) is -1.74. The summed E-state index contributed by atoms with van der Waals surface area (Å²) in [5.41, 5.74) is -0.972. The molecule has 32 heavy (non-hydrogen) atoms. The zero-order valence-corrected chi connectivity index (χ0v) is 19.9. The summed E-state index contributed by atoms with van der Waals surface area (Å²) in [6.45, 7) is 6.77. The Kier molecular flexibility index (Phi) is 28.8. The van der Waals surface area contributed by atoms with Crippen molar-refractivity contribution in [1.82, 2.24) is 0 Å². The fourth-order valence-electron chi connectivity index (χ4n) is 1.27. The number of hydrogen-bond donors (Lipinski definition) is 9. The van der Waals surface area contributed by atoms with E-state index in [1.807, 2.05) is 6.92 Å². The van der Waals surface area contributed by atoms with Gasteiger partial charge in [0.05, 0.1) is 39.1 Å². The highest BCUT2D eigenvalue weighted by molar-refractivity contribution is 5.67. The lowest BCUT2D eigenvalue weighted by atomic mass is 9.88. The van der Waals surface area contributed by atoms with Gasteiger partial charge >= 0.3 is 11.9 Å². The molecule has 0 aliphatic heterocycles. The van der Waals surface area contributed by atoms with Crippen molar-refractivity contribution >= 4 is 11.9 Å². The number of carbonyl (C=O) groups is 2. The van der Waals surface area contributed by atoms with E-state index in [0.717, 1.165) is 0 Å². The maximum Gasteiger partial charge on any atom is 0.303 e. The van der Waals surface area contributed by atoms with Crippen molar-refractivity contribution in [3.8, 4) is 0 Å². The molecule has 0 aliphatic rings. The molecule has 0 fully saturated rings. The van der Waals surface area contributed by atoms with Gasteiger partial charge in [0, 0.05) is 30.3 Å². The Balaban J connectivity index is -0.000000166. The summed E-state index contributed by atoms with van der Waals surface area (Å²) in [5, 5.41) is 75.6. The summed E-state index contributed by atoms with van der Waals surface area (Å²) in [4.78, 5) is 19.8. The molecule has 0 aliphatic carbocycles. The molecule has 0 radical (unpaired) electrons. The molecular formula is C21H46O11. The molecule has 9 N–H and O–H groups in total. The lowest BCUT2D eigenvalue weighted by molar-refractivity contribution is -0.139. The Bertz CT molecular complexity index is 382. The number of aliphatic hydroxyl groups is 7. The smallest absolute Gasteiger partial charge is 0.303 e. The number of rotatable bonds is 13. The number of carboxylic acid groups (broad SMARTS) is 2. The minimum atomic E-state index is -0.870. The first-order valence-electron chi connectivity index (χ1n) is 10.5. The molecule has 0 bridgehead atoms. The van der Waals surface area contributed by atoms with Crippen molar-refractivity contribution < 1.29 is 55.5 Å².